The van der Waals surface area contributed by atoms with E-state index in [1.54, 1.807) is 0 Å². The standard InChI is InChI=1S/C17H36N4O.HI/c1-4-18-17(20-11-7-15-22-5-2)19-10-6-12-21-13-8-16(3)9-14-21;/h16H,4-15H2,1-3H3,(H2,18,19,20);1H. The second-order valence-corrected chi connectivity index (χ2v) is 6.12. The fraction of sp³-hybridized carbons (Fsp3) is 0.941. The molecule has 0 amide bonds. The summed E-state index contributed by atoms with van der Waals surface area (Å²) in [5.74, 6) is 1.85. The van der Waals surface area contributed by atoms with Crippen LogP contribution in [0.4, 0.5) is 0 Å². The van der Waals surface area contributed by atoms with Crippen molar-refractivity contribution in [1.29, 1.82) is 0 Å². The van der Waals surface area contributed by atoms with Gasteiger partial charge in [0.1, 0.15) is 0 Å². The number of ether oxygens (including phenoxy) is 1. The van der Waals surface area contributed by atoms with Crippen LogP contribution in [-0.2, 0) is 4.74 Å². The van der Waals surface area contributed by atoms with Crippen LogP contribution in [0.25, 0.3) is 0 Å². The molecule has 6 heteroatoms. The normalized spacial score (nSPS) is 16.9. The fourth-order valence-corrected chi connectivity index (χ4v) is 2.64. The highest BCUT2D eigenvalue weighted by molar-refractivity contribution is 14.0. The highest BCUT2D eigenvalue weighted by atomic mass is 127. The predicted octanol–water partition coefficient (Wildman–Crippen LogP) is 2.71. The second kappa shape index (κ2) is 15.4. The van der Waals surface area contributed by atoms with Gasteiger partial charge in [-0.3, -0.25) is 4.99 Å². The number of nitrogens with one attached hydrogen (secondary N) is 2. The number of rotatable bonds is 10. The van der Waals surface area contributed by atoms with Crippen molar-refractivity contribution < 1.29 is 4.74 Å². The van der Waals surface area contributed by atoms with Gasteiger partial charge in [-0.1, -0.05) is 6.92 Å². The molecule has 0 spiro atoms. The minimum absolute atomic E-state index is 0. The van der Waals surface area contributed by atoms with Gasteiger partial charge in [-0.15, -0.1) is 24.0 Å². The van der Waals surface area contributed by atoms with Gasteiger partial charge >= 0.3 is 0 Å². The summed E-state index contributed by atoms with van der Waals surface area (Å²) >= 11 is 0. The molecular formula is C17H37IN4O. The van der Waals surface area contributed by atoms with Gasteiger partial charge in [-0.05, 0) is 65.1 Å². The zero-order valence-corrected chi connectivity index (χ0v) is 17.6. The lowest BCUT2D eigenvalue weighted by molar-refractivity contribution is 0.146. The van der Waals surface area contributed by atoms with Crippen LogP contribution in [0, 0.1) is 5.92 Å². The Bertz CT molecular complexity index is 294. The van der Waals surface area contributed by atoms with E-state index in [-0.39, 0.29) is 24.0 Å². The maximum absolute atomic E-state index is 5.33. The minimum atomic E-state index is 0. The summed E-state index contributed by atoms with van der Waals surface area (Å²) in [5, 5.41) is 6.73. The van der Waals surface area contributed by atoms with E-state index in [0.29, 0.717) is 0 Å². The van der Waals surface area contributed by atoms with Gasteiger partial charge < -0.3 is 20.3 Å². The van der Waals surface area contributed by atoms with Crippen LogP contribution in [0.2, 0.25) is 0 Å². The highest BCUT2D eigenvalue weighted by Gasteiger charge is 2.14. The third-order valence-corrected chi connectivity index (χ3v) is 4.08. The van der Waals surface area contributed by atoms with E-state index in [4.69, 9.17) is 4.74 Å². The first kappa shape index (κ1) is 22.9. The molecule has 0 radical (unpaired) electrons. The molecule has 0 aliphatic carbocycles. The molecule has 2 N–H and O–H groups in total. The summed E-state index contributed by atoms with van der Waals surface area (Å²) in [6.45, 7) is 14.5. The first-order valence-electron chi connectivity index (χ1n) is 9.08. The van der Waals surface area contributed by atoms with Gasteiger partial charge in [0.25, 0.3) is 0 Å². The molecule has 0 aromatic heterocycles. The van der Waals surface area contributed by atoms with Crippen molar-refractivity contribution in [2.45, 2.75) is 46.5 Å². The van der Waals surface area contributed by atoms with Crippen molar-refractivity contribution in [3.8, 4) is 0 Å². The number of guanidine groups is 1. The Morgan fingerprint density at radius 1 is 1.17 bits per heavy atom. The maximum Gasteiger partial charge on any atom is 0.191 e. The predicted molar refractivity (Wildman–Crippen MR) is 110 cm³/mol. The molecule has 0 atom stereocenters. The van der Waals surface area contributed by atoms with Crippen molar-refractivity contribution in [1.82, 2.24) is 15.5 Å². The van der Waals surface area contributed by atoms with Crippen molar-refractivity contribution in [2.24, 2.45) is 10.9 Å². The molecule has 1 saturated heterocycles. The van der Waals surface area contributed by atoms with Crippen LogP contribution >= 0.6 is 24.0 Å². The Morgan fingerprint density at radius 2 is 1.91 bits per heavy atom. The van der Waals surface area contributed by atoms with Crippen LogP contribution in [0.3, 0.4) is 0 Å². The van der Waals surface area contributed by atoms with Crippen LogP contribution in [0.1, 0.15) is 46.5 Å². The molecule has 0 aromatic carbocycles. The Hall–Kier alpha value is -0.0800. The number of hydrogen-bond acceptors (Lipinski definition) is 3. The lowest BCUT2D eigenvalue weighted by Crippen LogP contribution is -2.39. The average molecular weight is 440 g/mol. The summed E-state index contributed by atoms with van der Waals surface area (Å²) in [6, 6.07) is 0. The van der Waals surface area contributed by atoms with Gasteiger partial charge in [-0.2, -0.15) is 0 Å². The molecular weight excluding hydrogens is 403 g/mol. The van der Waals surface area contributed by atoms with Crippen molar-refractivity contribution >= 4 is 29.9 Å². The largest absolute Gasteiger partial charge is 0.382 e. The van der Waals surface area contributed by atoms with Crippen molar-refractivity contribution in [2.75, 3.05) is 52.5 Å². The number of piperidine rings is 1. The molecule has 138 valence electrons. The number of likely N-dealkylation sites (tertiary alicyclic amines) is 1. The molecule has 5 nitrogen and oxygen atoms in total. The summed E-state index contributed by atoms with van der Waals surface area (Å²) in [6.07, 6.45) is 4.88. The zero-order chi connectivity index (χ0) is 16.0. The van der Waals surface area contributed by atoms with E-state index in [2.05, 4.69) is 34.4 Å². The first-order chi connectivity index (χ1) is 10.8. The summed E-state index contributed by atoms with van der Waals surface area (Å²) in [5.41, 5.74) is 0. The second-order valence-electron chi connectivity index (χ2n) is 6.12. The molecule has 0 bridgehead atoms. The Labute approximate surface area is 160 Å². The fourth-order valence-electron chi connectivity index (χ4n) is 2.64. The molecule has 0 saturated carbocycles. The van der Waals surface area contributed by atoms with Crippen LogP contribution < -0.4 is 10.6 Å². The summed E-state index contributed by atoms with van der Waals surface area (Å²) in [4.78, 5) is 7.17. The quantitative estimate of drug-likeness (QED) is 0.237. The van der Waals surface area contributed by atoms with Gasteiger partial charge in [0.05, 0.1) is 0 Å². The van der Waals surface area contributed by atoms with Crippen molar-refractivity contribution in [3.63, 3.8) is 0 Å². The third-order valence-electron chi connectivity index (χ3n) is 4.08. The minimum Gasteiger partial charge on any atom is -0.382 e. The van der Waals surface area contributed by atoms with Gasteiger partial charge in [-0.25, -0.2) is 0 Å². The van der Waals surface area contributed by atoms with Crippen LogP contribution in [-0.4, -0.2) is 63.3 Å². The number of hydrogen-bond donors (Lipinski definition) is 2. The molecule has 23 heavy (non-hydrogen) atoms. The smallest absolute Gasteiger partial charge is 0.191 e. The molecule has 1 aliphatic rings. The van der Waals surface area contributed by atoms with Gasteiger partial charge in [0.2, 0.25) is 0 Å². The Balaban J connectivity index is 0.00000484. The van der Waals surface area contributed by atoms with Gasteiger partial charge in [0, 0.05) is 32.8 Å². The van der Waals surface area contributed by atoms with Gasteiger partial charge in [0.15, 0.2) is 5.96 Å². The third kappa shape index (κ3) is 12.0. The summed E-state index contributed by atoms with van der Waals surface area (Å²) < 4.78 is 5.33. The zero-order valence-electron chi connectivity index (χ0n) is 15.3. The maximum atomic E-state index is 5.33. The van der Waals surface area contributed by atoms with E-state index in [1.165, 1.54) is 38.9 Å². The topological polar surface area (TPSA) is 48.9 Å². The number of nitrogens with zero attached hydrogens (tertiary/aromatic N) is 2. The molecule has 0 unspecified atom stereocenters. The number of aliphatic imine (C=N–C) groups is 1. The van der Waals surface area contributed by atoms with E-state index >= 15 is 0 Å². The number of halogens is 1. The summed E-state index contributed by atoms with van der Waals surface area (Å²) in [7, 11) is 0. The lowest BCUT2D eigenvalue weighted by atomic mass is 9.99. The van der Waals surface area contributed by atoms with Crippen LogP contribution in [0.15, 0.2) is 4.99 Å². The van der Waals surface area contributed by atoms with E-state index < -0.39 is 0 Å². The molecule has 0 aromatic rings. The molecule has 1 aliphatic heterocycles. The lowest BCUT2D eigenvalue weighted by Gasteiger charge is -2.30. The van der Waals surface area contributed by atoms with E-state index in [1.807, 2.05) is 6.92 Å². The Morgan fingerprint density at radius 3 is 2.57 bits per heavy atom. The van der Waals surface area contributed by atoms with E-state index in [0.717, 1.165) is 51.1 Å². The molecule has 1 fully saturated rings. The Kier molecular flexibility index (Phi) is 15.4. The van der Waals surface area contributed by atoms with Crippen LogP contribution in [0.5, 0.6) is 0 Å². The SMILES string of the molecule is CCNC(=NCCCOCC)NCCCN1CCC(C)CC1.I. The monoisotopic (exact) mass is 440 g/mol. The first-order valence-corrected chi connectivity index (χ1v) is 9.08. The molecule has 1 heterocycles. The average Bonchev–Trinajstić information content (AvgIpc) is 2.53. The van der Waals surface area contributed by atoms with E-state index in [9.17, 15) is 0 Å². The van der Waals surface area contributed by atoms with Crippen molar-refractivity contribution in [3.05, 3.63) is 0 Å². The highest BCUT2D eigenvalue weighted by Crippen LogP contribution is 2.15. The molecule has 1 rings (SSSR count).